The molecule has 0 unspecified atom stereocenters. The van der Waals surface area contributed by atoms with Gasteiger partial charge in [-0.25, -0.2) is 0 Å². The van der Waals surface area contributed by atoms with E-state index in [0.29, 0.717) is 38.8 Å². The molecular weight excluding hydrogens is 577 g/mol. The highest BCUT2D eigenvalue weighted by Gasteiger charge is 2.28. The molecule has 45 heavy (non-hydrogen) atoms. The molecule has 0 aliphatic carbocycles. The monoisotopic (exact) mass is 618 g/mol. The van der Waals surface area contributed by atoms with Crippen molar-refractivity contribution in [2.75, 3.05) is 36.9 Å². The molecule has 0 amide bonds. The summed E-state index contributed by atoms with van der Waals surface area (Å²) in [4.78, 5) is 1.18. The van der Waals surface area contributed by atoms with E-state index in [9.17, 15) is 20.7 Å². The van der Waals surface area contributed by atoms with Crippen molar-refractivity contribution in [1.29, 1.82) is 10.5 Å². The third kappa shape index (κ3) is 8.68. The van der Waals surface area contributed by atoms with Gasteiger partial charge in [0.1, 0.15) is 0 Å². The second-order valence-electron chi connectivity index (χ2n) is 11.1. The van der Waals surface area contributed by atoms with Crippen LogP contribution in [0, 0.1) is 36.5 Å². The molecule has 0 saturated carbocycles. The minimum Gasteiger partial charge on any atom is -0.395 e. The van der Waals surface area contributed by atoms with Crippen LogP contribution in [-0.2, 0) is 18.6 Å². The summed E-state index contributed by atoms with van der Waals surface area (Å²) in [6, 6.07) is 32.2. The molecular formula is C38H42N4O2S. The van der Waals surface area contributed by atoms with Crippen LogP contribution in [-0.4, -0.2) is 36.5 Å². The Morgan fingerprint density at radius 1 is 0.689 bits per heavy atom. The lowest BCUT2D eigenvalue weighted by Crippen LogP contribution is -2.18. The summed E-state index contributed by atoms with van der Waals surface area (Å²) < 4.78 is 0. The van der Waals surface area contributed by atoms with Crippen LogP contribution >= 0.6 is 11.8 Å². The fourth-order valence-corrected chi connectivity index (χ4v) is 6.69. The molecule has 0 aliphatic heterocycles. The Hall–Kier alpha value is -4.27. The summed E-state index contributed by atoms with van der Waals surface area (Å²) in [7, 11) is 0. The molecule has 4 aromatic carbocycles. The number of hydrogen-bond donors (Lipinski definition) is 4. The van der Waals surface area contributed by atoms with Crippen molar-refractivity contribution < 1.29 is 10.2 Å². The molecule has 6 nitrogen and oxygen atoms in total. The van der Waals surface area contributed by atoms with Crippen LogP contribution in [0.25, 0.3) is 0 Å². The molecule has 0 radical (unpaired) electrons. The Labute approximate surface area is 271 Å². The number of anilines is 2. The maximum absolute atomic E-state index is 9.82. The number of benzene rings is 4. The van der Waals surface area contributed by atoms with E-state index in [1.165, 1.54) is 10.5 Å². The van der Waals surface area contributed by atoms with Gasteiger partial charge in [0.15, 0.2) is 0 Å². The van der Waals surface area contributed by atoms with Crippen molar-refractivity contribution in [2.24, 2.45) is 0 Å². The van der Waals surface area contributed by atoms with Gasteiger partial charge in [-0.15, -0.1) is 11.8 Å². The Balaban J connectivity index is 1.93. The van der Waals surface area contributed by atoms with Gasteiger partial charge in [0.25, 0.3) is 0 Å². The van der Waals surface area contributed by atoms with Crippen molar-refractivity contribution in [3.05, 3.63) is 123 Å². The average molecular weight is 619 g/mol. The largest absolute Gasteiger partial charge is 0.395 e. The SMILES string of the molecule is Cc1ccc(CCC#N)c(NCCO)c1C(c1ccc(SCc2ccccc2)cc1)c1c(C)ccc(CCC#N)c1NCCO. The Morgan fingerprint density at radius 3 is 1.67 bits per heavy atom. The number of nitriles is 2. The lowest BCUT2D eigenvalue weighted by Gasteiger charge is -2.30. The zero-order valence-electron chi connectivity index (χ0n) is 26.1. The first-order valence-corrected chi connectivity index (χ1v) is 16.5. The quantitative estimate of drug-likeness (QED) is 0.0760. The van der Waals surface area contributed by atoms with E-state index >= 15 is 0 Å². The standard InChI is InChI=1S/C38H42N4O2S/c1-27-12-14-31(10-6-20-39)37(41-22-24-43)34(27)36(30-16-18-33(19-17-30)45-26-29-8-4-3-5-9-29)35-28(2)13-15-32(11-7-21-40)38(35)42-23-25-44/h3-5,8-9,12-19,36,41-44H,6-7,10-11,22-26H2,1-2H3. The summed E-state index contributed by atoms with van der Waals surface area (Å²) in [5, 5.41) is 45.5. The number of aliphatic hydroxyl groups excluding tert-OH is 2. The number of nitrogens with zero attached hydrogens (tertiary/aromatic N) is 2. The Kier molecular flexibility index (Phi) is 12.9. The van der Waals surface area contributed by atoms with Gasteiger partial charge < -0.3 is 20.8 Å². The minimum atomic E-state index is -0.204. The van der Waals surface area contributed by atoms with Gasteiger partial charge in [-0.05, 0) is 83.3 Å². The molecule has 0 fully saturated rings. The summed E-state index contributed by atoms with van der Waals surface area (Å²) in [6.45, 7) is 4.95. The van der Waals surface area contributed by atoms with Crippen LogP contribution in [0.4, 0.5) is 11.4 Å². The third-order valence-electron chi connectivity index (χ3n) is 7.98. The first kappa shape index (κ1) is 33.6. The third-order valence-corrected chi connectivity index (χ3v) is 9.06. The number of nitrogens with one attached hydrogen (secondary N) is 2. The van der Waals surface area contributed by atoms with Crippen molar-refractivity contribution in [3.8, 4) is 12.1 Å². The first-order valence-electron chi connectivity index (χ1n) is 15.5. The molecule has 4 N–H and O–H groups in total. The zero-order chi connectivity index (χ0) is 32.0. The molecule has 0 heterocycles. The van der Waals surface area contributed by atoms with Crippen LogP contribution in [0.2, 0.25) is 0 Å². The summed E-state index contributed by atoms with van der Waals surface area (Å²) in [5.41, 5.74) is 10.7. The van der Waals surface area contributed by atoms with E-state index in [2.05, 4.69) is 109 Å². The fraction of sp³-hybridized carbons (Fsp3) is 0.316. The van der Waals surface area contributed by atoms with Crippen LogP contribution < -0.4 is 10.6 Å². The molecule has 0 bridgehead atoms. The Morgan fingerprint density at radius 2 is 1.20 bits per heavy atom. The van der Waals surface area contributed by atoms with E-state index in [-0.39, 0.29) is 19.1 Å². The van der Waals surface area contributed by atoms with Crippen LogP contribution in [0.15, 0.2) is 83.8 Å². The lowest BCUT2D eigenvalue weighted by atomic mass is 9.77. The van der Waals surface area contributed by atoms with Gasteiger partial charge in [0.2, 0.25) is 0 Å². The van der Waals surface area contributed by atoms with Gasteiger partial charge in [0.05, 0.1) is 25.4 Å². The van der Waals surface area contributed by atoms with Gasteiger partial charge in [-0.3, -0.25) is 0 Å². The smallest absolute Gasteiger partial charge is 0.0625 e. The summed E-state index contributed by atoms with van der Waals surface area (Å²) >= 11 is 1.80. The second-order valence-corrected chi connectivity index (χ2v) is 12.1. The second kappa shape index (κ2) is 17.3. The molecule has 232 valence electrons. The number of thioether (sulfide) groups is 1. The lowest BCUT2D eigenvalue weighted by molar-refractivity contribution is 0.310. The molecule has 0 atom stereocenters. The highest BCUT2D eigenvalue weighted by atomic mass is 32.2. The number of hydrogen-bond acceptors (Lipinski definition) is 7. The average Bonchev–Trinajstić information content (AvgIpc) is 3.07. The summed E-state index contributed by atoms with van der Waals surface area (Å²) in [6.07, 6.45) is 1.97. The molecule has 0 aromatic heterocycles. The topological polar surface area (TPSA) is 112 Å². The van der Waals surface area contributed by atoms with Crippen molar-refractivity contribution in [1.82, 2.24) is 0 Å². The van der Waals surface area contributed by atoms with Gasteiger partial charge in [-0.1, -0.05) is 66.7 Å². The van der Waals surface area contributed by atoms with Crippen molar-refractivity contribution in [3.63, 3.8) is 0 Å². The van der Waals surface area contributed by atoms with Crippen molar-refractivity contribution >= 4 is 23.1 Å². The maximum atomic E-state index is 9.82. The maximum Gasteiger partial charge on any atom is 0.0625 e. The molecule has 0 spiro atoms. The van der Waals surface area contributed by atoms with Crippen LogP contribution in [0.1, 0.15) is 63.3 Å². The molecule has 0 saturated heterocycles. The van der Waals surface area contributed by atoms with E-state index in [0.717, 1.165) is 56.1 Å². The minimum absolute atomic E-state index is 0.0188. The van der Waals surface area contributed by atoms with E-state index in [4.69, 9.17) is 0 Å². The molecule has 4 aromatic rings. The van der Waals surface area contributed by atoms with E-state index in [1.54, 1.807) is 11.8 Å². The molecule has 4 rings (SSSR count). The fourth-order valence-electron chi connectivity index (χ4n) is 5.83. The predicted molar refractivity (Wildman–Crippen MR) is 185 cm³/mol. The number of rotatable bonds is 16. The summed E-state index contributed by atoms with van der Waals surface area (Å²) in [5.74, 6) is 0.679. The first-order chi connectivity index (χ1) is 22.0. The van der Waals surface area contributed by atoms with E-state index in [1.807, 2.05) is 6.07 Å². The highest BCUT2D eigenvalue weighted by Crippen LogP contribution is 2.45. The van der Waals surface area contributed by atoms with Gasteiger partial charge in [0, 0.05) is 53.9 Å². The van der Waals surface area contributed by atoms with Crippen LogP contribution in [0.5, 0.6) is 0 Å². The molecule has 7 heteroatoms. The van der Waals surface area contributed by atoms with Crippen LogP contribution in [0.3, 0.4) is 0 Å². The normalized spacial score (nSPS) is 10.8. The van der Waals surface area contributed by atoms with Gasteiger partial charge >= 0.3 is 0 Å². The van der Waals surface area contributed by atoms with Crippen molar-refractivity contribution in [2.45, 2.75) is 56.1 Å². The number of aryl methyl sites for hydroxylation is 4. The Bertz CT molecular complexity index is 1550. The van der Waals surface area contributed by atoms with E-state index < -0.39 is 0 Å². The zero-order valence-corrected chi connectivity index (χ0v) is 27.0. The number of aliphatic hydroxyl groups is 2. The van der Waals surface area contributed by atoms with Gasteiger partial charge in [-0.2, -0.15) is 10.5 Å². The molecule has 0 aliphatic rings. The highest BCUT2D eigenvalue weighted by molar-refractivity contribution is 7.98. The predicted octanol–water partition coefficient (Wildman–Crippen LogP) is 7.50.